The van der Waals surface area contributed by atoms with E-state index in [1.165, 1.54) is 25.3 Å². The molecule has 0 aromatic rings. The smallest absolute Gasteiger partial charge is 0.243 e. The number of hydrogen-bond donors (Lipinski definition) is 1. The van der Waals surface area contributed by atoms with Crippen molar-refractivity contribution in [3.8, 4) is 0 Å². The maximum Gasteiger partial charge on any atom is 0.243 e. The van der Waals surface area contributed by atoms with Crippen molar-refractivity contribution >= 4 is 5.91 Å². The van der Waals surface area contributed by atoms with Crippen molar-refractivity contribution in [2.75, 3.05) is 6.54 Å². The molecule has 0 heterocycles. The van der Waals surface area contributed by atoms with E-state index in [0.29, 0.717) is 11.3 Å². The number of amides is 1. The Kier molecular flexibility index (Phi) is 2.61. The van der Waals surface area contributed by atoms with Crippen LogP contribution in [-0.2, 0) is 4.79 Å². The fraction of sp³-hybridized carbons (Fsp3) is 0.769. The molecule has 84 valence electrons. The molecule has 3 saturated carbocycles. The Hall–Kier alpha value is -0.790. The van der Waals surface area contributed by atoms with E-state index in [9.17, 15) is 4.79 Å². The average Bonchev–Trinajstić information content (AvgIpc) is 2.25. The highest BCUT2D eigenvalue weighted by Crippen LogP contribution is 2.61. The van der Waals surface area contributed by atoms with Crippen LogP contribution in [0.25, 0.3) is 0 Å². The quantitative estimate of drug-likeness (QED) is 0.707. The zero-order chi connectivity index (χ0) is 11.1. The second-order valence-electron chi connectivity index (χ2n) is 5.65. The molecule has 3 rings (SSSR count). The molecule has 0 aromatic heterocycles. The molecule has 0 spiro atoms. The lowest BCUT2D eigenvalue weighted by molar-refractivity contribution is -0.120. The molecule has 0 unspecified atom stereocenters. The summed E-state index contributed by atoms with van der Waals surface area (Å²) in [4.78, 5) is 11.1. The number of hydrogen-bond acceptors (Lipinski definition) is 1. The molecule has 0 saturated heterocycles. The lowest BCUT2D eigenvalue weighted by atomic mass is 9.45. The summed E-state index contributed by atoms with van der Waals surface area (Å²) in [6.45, 7) is 9.07. The number of carbonyl (C=O) groups excluding carboxylic acids is 1. The third-order valence-electron chi connectivity index (χ3n) is 4.73. The lowest BCUT2D eigenvalue weighted by Crippen LogP contribution is -2.54. The van der Waals surface area contributed by atoms with Gasteiger partial charge in [0.2, 0.25) is 5.91 Å². The summed E-state index contributed by atoms with van der Waals surface area (Å²) in [6, 6.07) is 0. The van der Waals surface area contributed by atoms with Crippen LogP contribution in [0.1, 0.15) is 33.1 Å². The van der Waals surface area contributed by atoms with Gasteiger partial charge in [0.15, 0.2) is 0 Å². The summed E-state index contributed by atoms with van der Waals surface area (Å²) in [7, 11) is 0. The summed E-state index contributed by atoms with van der Waals surface area (Å²) in [5.74, 6) is 2.42. The predicted molar refractivity (Wildman–Crippen MR) is 61.3 cm³/mol. The van der Waals surface area contributed by atoms with Gasteiger partial charge in [-0.2, -0.15) is 0 Å². The maximum atomic E-state index is 11.1. The number of rotatable bonds is 3. The number of carbonyl (C=O) groups is 1. The van der Waals surface area contributed by atoms with Crippen molar-refractivity contribution in [3.05, 3.63) is 12.7 Å². The lowest BCUT2D eigenvalue weighted by Gasteiger charge is -2.60. The molecule has 3 atom stereocenters. The minimum absolute atomic E-state index is 0.0331. The molecule has 2 nitrogen and oxygen atoms in total. The highest BCUT2D eigenvalue weighted by Gasteiger charge is 2.53. The topological polar surface area (TPSA) is 29.1 Å². The zero-order valence-corrected chi connectivity index (χ0v) is 9.75. The van der Waals surface area contributed by atoms with Gasteiger partial charge in [-0.05, 0) is 48.5 Å². The van der Waals surface area contributed by atoms with Gasteiger partial charge in [0, 0.05) is 6.54 Å². The summed E-state index contributed by atoms with van der Waals surface area (Å²) in [5, 5.41) is 2.94. The Bertz CT molecular complexity index is 280. The molecule has 15 heavy (non-hydrogen) atoms. The monoisotopic (exact) mass is 207 g/mol. The Morgan fingerprint density at radius 3 is 2.80 bits per heavy atom. The van der Waals surface area contributed by atoms with E-state index in [1.807, 2.05) is 0 Å². The van der Waals surface area contributed by atoms with E-state index in [2.05, 4.69) is 25.7 Å². The number of fused-ring (bicyclic) bond motifs is 2. The van der Waals surface area contributed by atoms with Crippen molar-refractivity contribution in [1.29, 1.82) is 0 Å². The van der Waals surface area contributed by atoms with Crippen LogP contribution in [0.15, 0.2) is 12.7 Å². The number of nitrogens with one attached hydrogen (secondary N) is 1. The van der Waals surface area contributed by atoms with Crippen molar-refractivity contribution in [2.45, 2.75) is 33.1 Å². The van der Waals surface area contributed by atoms with Crippen LogP contribution >= 0.6 is 0 Å². The van der Waals surface area contributed by atoms with E-state index in [1.54, 1.807) is 0 Å². The van der Waals surface area contributed by atoms with E-state index in [0.717, 1.165) is 18.4 Å². The Labute approximate surface area is 92.1 Å². The van der Waals surface area contributed by atoms with Crippen molar-refractivity contribution in [2.24, 2.45) is 23.2 Å². The summed E-state index contributed by atoms with van der Waals surface area (Å²) in [5.41, 5.74) is 0.516. The average molecular weight is 207 g/mol. The molecular formula is C13H21NO. The van der Waals surface area contributed by atoms with Gasteiger partial charge in [0.1, 0.15) is 0 Å². The molecule has 3 fully saturated rings. The van der Waals surface area contributed by atoms with Crippen LogP contribution in [0.2, 0.25) is 0 Å². The van der Waals surface area contributed by atoms with Gasteiger partial charge in [-0.3, -0.25) is 4.79 Å². The van der Waals surface area contributed by atoms with Crippen molar-refractivity contribution in [3.63, 3.8) is 0 Å². The van der Waals surface area contributed by atoms with Gasteiger partial charge in [0.25, 0.3) is 0 Å². The van der Waals surface area contributed by atoms with E-state index in [-0.39, 0.29) is 5.91 Å². The van der Waals surface area contributed by atoms with Crippen LogP contribution in [-0.4, -0.2) is 12.5 Å². The van der Waals surface area contributed by atoms with E-state index >= 15 is 0 Å². The van der Waals surface area contributed by atoms with Gasteiger partial charge in [0.05, 0.1) is 0 Å². The zero-order valence-electron chi connectivity index (χ0n) is 9.75. The standard InChI is InChI=1S/C13H21NO/c1-4-12(15)14-8-9-5-6-10-7-11(9)13(10,2)3/h4,9-11H,1,5-8H2,2-3H3,(H,14,15)/t9-,10-,11-/m1/s1. The van der Waals surface area contributed by atoms with Crippen LogP contribution in [0.3, 0.4) is 0 Å². The molecule has 0 aliphatic heterocycles. The van der Waals surface area contributed by atoms with Crippen LogP contribution in [0, 0.1) is 23.2 Å². The second kappa shape index (κ2) is 3.66. The van der Waals surface area contributed by atoms with Gasteiger partial charge in [-0.25, -0.2) is 0 Å². The SMILES string of the molecule is C=CC(=O)NC[C@H]1CC[C@@H]2C[C@H]1C2(C)C. The molecule has 3 aliphatic carbocycles. The minimum atomic E-state index is -0.0331. The normalized spacial score (nSPS) is 36.5. The molecule has 0 radical (unpaired) electrons. The summed E-state index contributed by atoms with van der Waals surface area (Å²) in [6.07, 6.45) is 5.37. The first-order chi connectivity index (χ1) is 7.05. The third-order valence-corrected chi connectivity index (χ3v) is 4.73. The molecule has 1 amide bonds. The van der Waals surface area contributed by atoms with E-state index < -0.39 is 0 Å². The summed E-state index contributed by atoms with van der Waals surface area (Å²) >= 11 is 0. The Morgan fingerprint density at radius 1 is 1.53 bits per heavy atom. The van der Waals surface area contributed by atoms with Gasteiger partial charge >= 0.3 is 0 Å². The first-order valence-corrected chi connectivity index (χ1v) is 5.96. The molecular weight excluding hydrogens is 186 g/mol. The minimum Gasteiger partial charge on any atom is -0.352 e. The van der Waals surface area contributed by atoms with E-state index in [4.69, 9.17) is 0 Å². The second-order valence-corrected chi connectivity index (χ2v) is 5.65. The fourth-order valence-electron chi connectivity index (χ4n) is 3.51. The van der Waals surface area contributed by atoms with Gasteiger partial charge < -0.3 is 5.32 Å². The van der Waals surface area contributed by atoms with Crippen LogP contribution in [0.5, 0.6) is 0 Å². The highest BCUT2D eigenvalue weighted by atomic mass is 16.1. The molecule has 3 aliphatic rings. The molecule has 0 aromatic carbocycles. The largest absolute Gasteiger partial charge is 0.352 e. The molecule has 2 heteroatoms. The van der Waals surface area contributed by atoms with Gasteiger partial charge in [-0.15, -0.1) is 0 Å². The maximum absolute atomic E-state index is 11.1. The first-order valence-electron chi connectivity index (χ1n) is 5.96. The van der Waals surface area contributed by atoms with Crippen LogP contribution < -0.4 is 5.32 Å². The van der Waals surface area contributed by atoms with Gasteiger partial charge in [-0.1, -0.05) is 20.4 Å². The third kappa shape index (κ3) is 1.70. The van der Waals surface area contributed by atoms with Crippen molar-refractivity contribution in [1.82, 2.24) is 5.32 Å². The van der Waals surface area contributed by atoms with Crippen LogP contribution in [0.4, 0.5) is 0 Å². The molecule has 1 N–H and O–H groups in total. The molecule has 2 bridgehead atoms. The predicted octanol–water partition coefficient (Wildman–Crippen LogP) is 2.36. The Morgan fingerprint density at radius 2 is 2.27 bits per heavy atom. The fourth-order valence-corrected chi connectivity index (χ4v) is 3.51. The van der Waals surface area contributed by atoms with Crippen molar-refractivity contribution < 1.29 is 4.79 Å². The first kappa shape index (κ1) is 10.7. The summed E-state index contributed by atoms with van der Waals surface area (Å²) < 4.78 is 0. The highest BCUT2D eigenvalue weighted by molar-refractivity contribution is 5.86. The Balaban J connectivity index is 1.88.